The Morgan fingerprint density at radius 3 is 2.67 bits per heavy atom. The van der Waals surface area contributed by atoms with Gasteiger partial charge in [-0.05, 0) is 44.1 Å². The summed E-state index contributed by atoms with van der Waals surface area (Å²) in [6.45, 7) is 3.54. The first-order chi connectivity index (χ1) is 14.3. The Morgan fingerprint density at radius 1 is 1.17 bits per heavy atom. The molecule has 13 atom stereocenters. The minimum absolute atomic E-state index is 0.0213. The van der Waals surface area contributed by atoms with Crippen molar-refractivity contribution in [3.8, 4) is 0 Å². The molecule has 0 radical (unpaired) electrons. The van der Waals surface area contributed by atoms with E-state index in [-0.39, 0.29) is 59.0 Å². The lowest BCUT2D eigenvalue weighted by Gasteiger charge is -2.76. The number of piperidine rings is 1. The van der Waals surface area contributed by atoms with Crippen molar-refractivity contribution in [3.63, 3.8) is 0 Å². The molecule has 4 heterocycles. The van der Waals surface area contributed by atoms with Gasteiger partial charge in [-0.15, -0.1) is 0 Å². The summed E-state index contributed by atoms with van der Waals surface area (Å²) in [7, 11) is 3.44. The van der Waals surface area contributed by atoms with E-state index in [0.717, 1.165) is 25.8 Å². The molecule has 13 unspecified atom stereocenters. The van der Waals surface area contributed by atoms with Crippen molar-refractivity contribution in [2.45, 2.75) is 80.8 Å². The average molecular weight is 422 g/mol. The van der Waals surface area contributed by atoms with Gasteiger partial charge < -0.3 is 29.5 Å². The number of hydrogen-bond acceptors (Lipinski definition) is 7. The van der Waals surface area contributed by atoms with E-state index < -0.39 is 17.3 Å². The van der Waals surface area contributed by atoms with Gasteiger partial charge in [0, 0.05) is 43.3 Å². The number of hydrogen-bond donors (Lipinski definition) is 3. The Labute approximate surface area is 177 Å². The van der Waals surface area contributed by atoms with Gasteiger partial charge >= 0.3 is 0 Å². The molecule has 168 valence electrons. The first-order valence-corrected chi connectivity index (χ1v) is 11.9. The van der Waals surface area contributed by atoms with Crippen molar-refractivity contribution < 1.29 is 29.5 Å². The molecule has 3 N–H and O–H groups in total. The molecule has 9 aliphatic rings. The molecule has 9 rings (SSSR count). The molecule has 7 heteroatoms. The number of aliphatic hydroxyl groups excluding tert-OH is 1. The summed E-state index contributed by atoms with van der Waals surface area (Å²) in [4.78, 5) is 2.37. The molecule has 4 saturated heterocycles. The molecular weight excluding hydrogens is 386 g/mol. The quantitative estimate of drug-likeness (QED) is 0.604. The summed E-state index contributed by atoms with van der Waals surface area (Å²) in [5.41, 5.74) is -2.98. The van der Waals surface area contributed by atoms with Crippen LogP contribution >= 0.6 is 0 Å². The van der Waals surface area contributed by atoms with Crippen LogP contribution in [0.15, 0.2) is 0 Å². The van der Waals surface area contributed by atoms with Crippen LogP contribution in [0, 0.1) is 34.5 Å². The van der Waals surface area contributed by atoms with E-state index in [9.17, 15) is 15.3 Å². The van der Waals surface area contributed by atoms with Crippen LogP contribution in [0.4, 0.5) is 0 Å². The third-order valence-electron chi connectivity index (χ3n) is 11.4. The number of likely N-dealkylation sites (N-methyl/N-ethyl adjacent to an activating group) is 1. The molecule has 0 amide bonds. The second kappa shape index (κ2) is 5.44. The standard InChI is InChI=1S/C23H35NO6/c1-4-24-18-22(27)9-14-20(10-28-2)6-5-15(30-19(20)24)23(14,18)12-7-11-13(29-3)8-21(22,26)16(12)17(11)25/h11-19,25-27H,4-10H2,1-3H3. The fourth-order valence-electron chi connectivity index (χ4n) is 10.9. The summed E-state index contributed by atoms with van der Waals surface area (Å²) < 4.78 is 18.4. The van der Waals surface area contributed by atoms with Gasteiger partial charge in [0.05, 0.1) is 31.0 Å². The van der Waals surface area contributed by atoms with Crippen molar-refractivity contribution in [2.75, 3.05) is 27.4 Å². The predicted octanol–water partition coefficient (Wildman–Crippen LogP) is 0.356. The van der Waals surface area contributed by atoms with Crippen LogP contribution in [0.5, 0.6) is 0 Å². The molecule has 7 nitrogen and oxygen atoms in total. The van der Waals surface area contributed by atoms with E-state index in [1.807, 2.05) is 0 Å². The van der Waals surface area contributed by atoms with Gasteiger partial charge in [0.15, 0.2) is 0 Å². The molecule has 0 aromatic heterocycles. The minimum Gasteiger partial charge on any atom is -0.392 e. The van der Waals surface area contributed by atoms with Crippen LogP contribution in [-0.2, 0) is 14.2 Å². The fraction of sp³-hybridized carbons (Fsp3) is 1.00. The average Bonchev–Trinajstić information content (AvgIpc) is 3.14. The summed E-state index contributed by atoms with van der Waals surface area (Å²) in [5.74, 6) is 0.107. The zero-order valence-corrected chi connectivity index (χ0v) is 18.2. The number of nitrogens with zero attached hydrogens (tertiary/aromatic N) is 1. The number of fused-ring (bicyclic) bond motifs is 3. The molecule has 5 saturated carbocycles. The molecule has 1 spiro atoms. The summed E-state index contributed by atoms with van der Waals surface area (Å²) in [5, 5.41) is 36.2. The van der Waals surface area contributed by atoms with Gasteiger partial charge in [0.2, 0.25) is 0 Å². The van der Waals surface area contributed by atoms with Gasteiger partial charge in [0.25, 0.3) is 0 Å². The second-order valence-electron chi connectivity index (χ2n) is 11.5. The van der Waals surface area contributed by atoms with Crippen LogP contribution in [0.2, 0.25) is 0 Å². The Morgan fingerprint density at radius 2 is 1.97 bits per heavy atom. The van der Waals surface area contributed by atoms with Crippen LogP contribution in [0.25, 0.3) is 0 Å². The largest absolute Gasteiger partial charge is 0.392 e. The monoisotopic (exact) mass is 421 g/mol. The minimum atomic E-state index is -1.33. The number of aliphatic hydroxyl groups is 3. The first kappa shape index (κ1) is 19.2. The fourth-order valence-corrected chi connectivity index (χ4v) is 10.9. The number of ether oxygens (including phenoxy) is 3. The van der Waals surface area contributed by atoms with E-state index in [1.165, 1.54) is 0 Å². The lowest BCUT2D eigenvalue weighted by atomic mass is 9.41. The normalized spacial score (nSPS) is 66.8. The predicted molar refractivity (Wildman–Crippen MR) is 105 cm³/mol. The number of methoxy groups -OCH3 is 2. The van der Waals surface area contributed by atoms with Gasteiger partial charge in [0.1, 0.15) is 17.4 Å². The van der Waals surface area contributed by atoms with Crippen molar-refractivity contribution in [1.29, 1.82) is 0 Å². The summed E-state index contributed by atoms with van der Waals surface area (Å²) >= 11 is 0. The summed E-state index contributed by atoms with van der Waals surface area (Å²) in [6, 6.07) is -0.123. The molecule has 9 bridgehead atoms. The number of rotatable bonds is 4. The molecule has 0 aromatic rings. The van der Waals surface area contributed by atoms with E-state index in [2.05, 4.69) is 11.8 Å². The lowest BCUT2D eigenvalue weighted by molar-refractivity contribution is -0.410. The van der Waals surface area contributed by atoms with Gasteiger partial charge in [-0.3, -0.25) is 4.90 Å². The van der Waals surface area contributed by atoms with Crippen molar-refractivity contribution in [2.24, 2.45) is 34.5 Å². The first-order valence-electron chi connectivity index (χ1n) is 11.9. The highest BCUT2D eigenvalue weighted by Crippen LogP contribution is 2.83. The second-order valence-corrected chi connectivity index (χ2v) is 11.5. The van der Waals surface area contributed by atoms with E-state index >= 15 is 0 Å². The topological polar surface area (TPSA) is 91.6 Å². The van der Waals surface area contributed by atoms with Gasteiger partial charge in [-0.2, -0.15) is 0 Å². The van der Waals surface area contributed by atoms with E-state index in [1.54, 1.807) is 14.2 Å². The maximum Gasteiger partial charge on any atom is 0.119 e. The summed E-state index contributed by atoms with van der Waals surface area (Å²) in [6.07, 6.45) is 3.04. The molecule has 4 aliphatic heterocycles. The smallest absolute Gasteiger partial charge is 0.119 e. The molecule has 0 aromatic carbocycles. The van der Waals surface area contributed by atoms with Crippen LogP contribution in [0.1, 0.15) is 39.0 Å². The van der Waals surface area contributed by atoms with Crippen LogP contribution in [0.3, 0.4) is 0 Å². The zero-order valence-electron chi connectivity index (χ0n) is 18.2. The zero-order chi connectivity index (χ0) is 20.8. The Balaban J connectivity index is 1.51. The van der Waals surface area contributed by atoms with Crippen molar-refractivity contribution >= 4 is 0 Å². The SMILES string of the molecule is CCN1C2OC3CCC2(COC)C2CC4(O)C1C32C1CC2C(OC)CC4(O)C1C2O. The molecule has 30 heavy (non-hydrogen) atoms. The lowest BCUT2D eigenvalue weighted by Crippen LogP contribution is -2.86. The third kappa shape index (κ3) is 1.56. The maximum absolute atomic E-state index is 12.5. The van der Waals surface area contributed by atoms with Gasteiger partial charge in [-0.25, -0.2) is 0 Å². The van der Waals surface area contributed by atoms with Crippen LogP contribution < -0.4 is 0 Å². The molecular formula is C23H35NO6. The molecule has 5 aliphatic carbocycles. The van der Waals surface area contributed by atoms with Crippen molar-refractivity contribution in [3.05, 3.63) is 0 Å². The Hall–Kier alpha value is -0.280. The van der Waals surface area contributed by atoms with E-state index in [0.29, 0.717) is 19.4 Å². The maximum atomic E-state index is 12.5. The third-order valence-corrected chi connectivity index (χ3v) is 11.4. The van der Waals surface area contributed by atoms with Crippen LogP contribution in [-0.4, -0.2) is 89.4 Å². The highest BCUT2D eigenvalue weighted by molar-refractivity contribution is 5.40. The highest BCUT2D eigenvalue weighted by Gasteiger charge is 2.91. The Kier molecular flexibility index (Phi) is 3.48. The van der Waals surface area contributed by atoms with Crippen molar-refractivity contribution in [1.82, 2.24) is 4.90 Å². The van der Waals surface area contributed by atoms with E-state index in [4.69, 9.17) is 14.2 Å². The Bertz CT molecular complexity index is 792. The van der Waals surface area contributed by atoms with Gasteiger partial charge in [-0.1, -0.05) is 6.92 Å². The molecule has 9 fully saturated rings. The highest BCUT2D eigenvalue weighted by atomic mass is 16.5.